The number of carboxylic acids is 1. The van der Waals surface area contributed by atoms with Crippen LogP contribution in [0.5, 0.6) is 11.6 Å². The molecule has 1 N–H and O–H groups in total. The average molecular weight is 483 g/mol. The molecule has 170 valence electrons. The Hall–Kier alpha value is -3.07. The highest BCUT2D eigenvalue weighted by atomic mass is 35.5. The molecule has 7 heteroatoms. The van der Waals surface area contributed by atoms with E-state index in [0.717, 1.165) is 5.39 Å². The molecular weight excluding hydrogens is 459 g/mol. The second-order valence-electron chi connectivity index (χ2n) is 8.18. The van der Waals surface area contributed by atoms with E-state index in [1.165, 1.54) is 6.08 Å². The number of ether oxygens (including phenoxy) is 1. The largest absolute Gasteiger partial charge is 0.481 e. The summed E-state index contributed by atoms with van der Waals surface area (Å²) in [6.07, 6.45) is 1.47. The Labute approximate surface area is 203 Å². The number of nitrogens with zero attached hydrogens (tertiary/aromatic N) is 2. The SMILES string of the molecule is CC(C)C(C(=O)O)(C(C)C=C(Cl)Cl)C(C#N)c1nc(Oc2ccccc2)cc2ccccc12. The molecule has 0 saturated heterocycles. The van der Waals surface area contributed by atoms with Crippen molar-refractivity contribution in [3.63, 3.8) is 0 Å². The highest BCUT2D eigenvalue weighted by molar-refractivity contribution is 6.55. The number of aromatic nitrogens is 1. The van der Waals surface area contributed by atoms with Crippen molar-refractivity contribution in [2.75, 3.05) is 0 Å². The van der Waals surface area contributed by atoms with Crippen molar-refractivity contribution < 1.29 is 14.6 Å². The standard InChI is InChI=1S/C26H24Cl2N2O3/c1-16(2)26(25(31)32,17(3)13-22(27)28)21(15-29)24-20-12-8-7-9-18(20)14-23(30-24)33-19-10-5-4-6-11-19/h4-14,16-17,21H,1-3H3,(H,31,32). The first-order valence-corrected chi connectivity index (χ1v) is 11.3. The minimum atomic E-state index is -1.55. The summed E-state index contributed by atoms with van der Waals surface area (Å²) in [5, 5.41) is 22.3. The van der Waals surface area contributed by atoms with Crippen LogP contribution in [0, 0.1) is 28.6 Å². The van der Waals surface area contributed by atoms with E-state index in [4.69, 9.17) is 27.9 Å². The molecule has 5 nitrogen and oxygen atoms in total. The zero-order valence-electron chi connectivity index (χ0n) is 18.5. The van der Waals surface area contributed by atoms with Gasteiger partial charge in [0, 0.05) is 11.5 Å². The van der Waals surface area contributed by atoms with Crippen LogP contribution in [0.3, 0.4) is 0 Å². The van der Waals surface area contributed by atoms with Crippen molar-refractivity contribution in [1.82, 2.24) is 4.98 Å². The number of fused-ring (bicyclic) bond motifs is 1. The van der Waals surface area contributed by atoms with Crippen LogP contribution in [0.25, 0.3) is 10.8 Å². The Bertz CT molecular complexity index is 1220. The van der Waals surface area contributed by atoms with E-state index in [1.807, 2.05) is 42.5 Å². The second-order valence-corrected chi connectivity index (χ2v) is 9.19. The molecule has 1 heterocycles. The molecule has 3 atom stereocenters. The fourth-order valence-corrected chi connectivity index (χ4v) is 4.87. The third-order valence-corrected chi connectivity index (χ3v) is 6.30. The molecule has 3 aromatic rings. The maximum Gasteiger partial charge on any atom is 0.312 e. The molecule has 0 aliphatic carbocycles. The van der Waals surface area contributed by atoms with E-state index in [0.29, 0.717) is 16.8 Å². The van der Waals surface area contributed by atoms with Crippen molar-refractivity contribution in [2.24, 2.45) is 17.3 Å². The number of hydrogen-bond donors (Lipinski definition) is 1. The van der Waals surface area contributed by atoms with Crippen LogP contribution >= 0.6 is 23.2 Å². The van der Waals surface area contributed by atoms with Gasteiger partial charge in [-0.2, -0.15) is 5.26 Å². The summed E-state index contributed by atoms with van der Waals surface area (Å²) in [5.74, 6) is -2.49. The molecule has 0 amide bonds. The summed E-state index contributed by atoms with van der Waals surface area (Å²) in [6.45, 7) is 5.25. The van der Waals surface area contributed by atoms with Crippen molar-refractivity contribution >= 4 is 39.9 Å². The fraction of sp³-hybridized carbons (Fsp3) is 0.269. The lowest BCUT2D eigenvalue weighted by atomic mass is 9.59. The molecule has 0 aliphatic heterocycles. The smallest absolute Gasteiger partial charge is 0.312 e. The normalized spacial score (nSPS) is 14.7. The van der Waals surface area contributed by atoms with Crippen LogP contribution in [0.4, 0.5) is 0 Å². The van der Waals surface area contributed by atoms with E-state index in [1.54, 1.807) is 39.0 Å². The number of benzene rings is 2. The van der Waals surface area contributed by atoms with Crippen LogP contribution < -0.4 is 4.74 Å². The lowest BCUT2D eigenvalue weighted by Crippen LogP contribution is -2.46. The van der Waals surface area contributed by atoms with Gasteiger partial charge in [0.05, 0.1) is 17.2 Å². The molecule has 0 saturated carbocycles. The number of carbonyl (C=O) groups is 1. The molecule has 2 aromatic carbocycles. The van der Waals surface area contributed by atoms with Gasteiger partial charge < -0.3 is 9.84 Å². The Morgan fingerprint density at radius 1 is 1.12 bits per heavy atom. The summed E-state index contributed by atoms with van der Waals surface area (Å²) in [5.41, 5.74) is -1.21. The van der Waals surface area contributed by atoms with E-state index in [-0.39, 0.29) is 10.4 Å². The maximum atomic E-state index is 12.8. The zero-order chi connectivity index (χ0) is 24.2. The third kappa shape index (κ3) is 4.83. The van der Waals surface area contributed by atoms with Crippen LogP contribution in [0.1, 0.15) is 32.4 Å². The molecule has 1 aromatic heterocycles. The van der Waals surface area contributed by atoms with Crippen LogP contribution in [0.2, 0.25) is 0 Å². The quantitative estimate of drug-likeness (QED) is 0.363. The fourth-order valence-electron chi connectivity index (χ4n) is 4.49. The maximum absolute atomic E-state index is 12.8. The Morgan fingerprint density at radius 2 is 1.76 bits per heavy atom. The minimum Gasteiger partial charge on any atom is -0.481 e. The number of allylic oxidation sites excluding steroid dienone is 1. The van der Waals surface area contributed by atoms with Crippen molar-refractivity contribution in [1.29, 1.82) is 5.26 Å². The lowest BCUT2D eigenvalue weighted by molar-refractivity contribution is -0.155. The van der Waals surface area contributed by atoms with Gasteiger partial charge in [-0.05, 0) is 29.4 Å². The van der Waals surface area contributed by atoms with Gasteiger partial charge in [-0.15, -0.1) is 0 Å². The number of para-hydroxylation sites is 1. The summed E-state index contributed by atoms with van der Waals surface area (Å²) in [7, 11) is 0. The van der Waals surface area contributed by atoms with Gasteiger partial charge in [-0.1, -0.05) is 92.5 Å². The van der Waals surface area contributed by atoms with Gasteiger partial charge in [0.2, 0.25) is 5.88 Å². The number of rotatable bonds is 8. The highest BCUT2D eigenvalue weighted by Gasteiger charge is 2.54. The first-order valence-electron chi connectivity index (χ1n) is 10.5. The minimum absolute atomic E-state index is 0.0514. The molecule has 0 bridgehead atoms. The average Bonchev–Trinajstić information content (AvgIpc) is 2.76. The zero-order valence-corrected chi connectivity index (χ0v) is 20.0. The van der Waals surface area contributed by atoms with Gasteiger partial charge in [-0.3, -0.25) is 4.79 Å². The van der Waals surface area contributed by atoms with Gasteiger partial charge >= 0.3 is 5.97 Å². The highest BCUT2D eigenvalue weighted by Crippen LogP contribution is 2.50. The topological polar surface area (TPSA) is 83.2 Å². The Morgan fingerprint density at radius 3 is 2.33 bits per heavy atom. The molecule has 33 heavy (non-hydrogen) atoms. The molecule has 0 aliphatic rings. The molecule has 3 unspecified atom stereocenters. The van der Waals surface area contributed by atoms with E-state index in [2.05, 4.69) is 11.1 Å². The summed E-state index contributed by atoms with van der Waals surface area (Å²) < 4.78 is 5.91. The number of carboxylic acid groups (broad SMARTS) is 1. The monoisotopic (exact) mass is 482 g/mol. The molecule has 0 spiro atoms. The number of nitriles is 1. The predicted molar refractivity (Wildman–Crippen MR) is 130 cm³/mol. The summed E-state index contributed by atoms with van der Waals surface area (Å²) >= 11 is 11.8. The Balaban J connectivity index is 2.29. The first kappa shape index (κ1) is 24.6. The van der Waals surface area contributed by atoms with Crippen LogP contribution in [0.15, 0.2) is 71.2 Å². The Kier molecular flexibility index (Phi) is 7.63. The van der Waals surface area contributed by atoms with Crippen molar-refractivity contribution in [3.05, 3.63) is 76.9 Å². The summed E-state index contributed by atoms with van der Waals surface area (Å²) in [6, 6.07) is 20.6. The summed E-state index contributed by atoms with van der Waals surface area (Å²) in [4.78, 5) is 17.5. The van der Waals surface area contributed by atoms with Crippen molar-refractivity contribution in [2.45, 2.75) is 26.7 Å². The third-order valence-electron chi connectivity index (χ3n) is 6.05. The lowest BCUT2D eigenvalue weighted by Gasteiger charge is -2.41. The van der Waals surface area contributed by atoms with Gasteiger partial charge in [-0.25, -0.2) is 4.98 Å². The van der Waals surface area contributed by atoms with E-state index in [9.17, 15) is 15.2 Å². The number of halogens is 2. The number of pyridine rings is 1. The molecule has 0 radical (unpaired) electrons. The number of hydrogen-bond acceptors (Lipinski definition) is 4. The van der Waals surface area contributed by atoms with Crippen molar-refractivity contribution in [3.8, 4) is 17.7 Å². The number of aliphatic carboxylic acids is 1. The van der Waals surface area contributed by atoms with Gasteiger partial charge in [0.25, 0.3) is 0 Å². The molecular formula is C26H24Cl2N2O3. The van der Waals surface area contributed by atoms with Gasteiger partial charge in [0.1, 0.15) is 16.2 Å². The van der Waals surface area contributed by atoms with Crippen LogP contribution in [-0.2, 0) is 4.79 Å². The first-order chi connectivity index (χ1) is 15.7. The van der Waals surface area contributed by atoms with Gasteiger partial charge in [0.15, 0.2) is 0 Å². The molecule has 0 fully saturated rings. The van der Waals surface area contributed by atoms with Crippen LogP contribution in [-0.4, -0.2) is 16.1 Å². The predicted octanol–water partition coefficient (Wildman–Crippen LogP) is 7.32. The second kappa shape index (κ2) is 10.2. The van der Waals surface area contributed by atoms with E-state index < -0.39 is 29.1 Å². The molecule has 3 rings (SSSR count). The van der Waals surface area contributed by atoms with E-state index >= 15 is 0 Å².